The number of methoxy groups -OCH3 is 1. The van der Waals surface area contributed by atoms with E-state index in [0.717, 1.165) is 57.4 Å². The van der Waals surface area contributed by atoms with Gasteiger partial charge in [0.25, 0.3) is 0 Å². The summed E-state index contributed by atoms with van der Waals surface area (Å²) < 4.78 is 10.7. The second-order valence-corrected chi connectivity index (χ2v) is 6.67. The molecule has 0 aliphatic heterocycles. The maximum Gasteiger partial charge on any atom is 0.191 e. The highest BCUT2D eigenvalue weighted by atomic mass is 127. The normalized spacial score (nSPS) is 15.1. The third kappa shape index (κ3) is 8.12. The molecule has 1 aliphatic rings. The van der Waals surface area contributed by atoms with Gasteiger partial charge in [0.1, 0.15) is 5.75 Å². The Bertz CT molecular complexity index is 530. The zero-order valence-electron chi connectivity index (χ0n) is 16.3. The predicted molar refractivity (Wildman–Crippen MR) is 119 cm³/mol. The lowest BCUT2D eigenvalue weighted by atomic mass is 10.0. The summed E-state index contributed by atoms with van der Waals surface area (Å²) in [4.78, 5) is 4.80. The Kier molecular flexibility index (Phi) is 11.0. The summed E-state index contributed by atoms with van der Waals surface area (Å²) in [6.07, 6.45) is 4.63. The van der Waals surface area contributed by atoms with Gasteiger partial charge in [-0.1, -0.05) is 12.1 Å². The molecule has 2 rings (SSSR count). The van der Waals surface area contributed by atoms with E-state index in [1.165, 1.54) is 18.4 Å². The average Bonchev–Trinajstić information content (AvgIpc) is 3.41. The van der Waals surface area contributed by atoms with Gasteiger partial charge in [-0.2, -0.15) is 0 Å². The number of guanidine groups is 1. The van der Waals surface area contributed by atoms with Crippen molar-refractivity contribution in [3.8, 4) is 5.75 Å². The molecule has 1 saturated carbocycles. The molecule has 5 nitrogen and oxygen atoms in total. The zero-order chi connectivity index (χ0) is 18.0. The third-order valence-electron chi connectivity index (χ3n) is 4.72. The molecular formula is C20H34IN3O2. The highest BCUT2D eigenvalue weighted by Gasteiger charge is 2.41. The first-order valence-corrected chi connectivity index (χ1v) is 9.44. The van der Waals surface area contributed by atoms with Gasteiger partial charge in [0, 0.05) is 32.8 Å². The Morgan fingerprint density at radius 3 is 2.46 bits per heavy atom. The van der Waals surface area contributed by atoms with Gasteiger partial charge in [-0.15, -0.1) is 24.0 Å². The molecule has 0 saturated heterocycles. The zero-order valence-corrected chi connectivity index (χ0v) is 18.7. The Hall–Kier alpha value is -1.02. The molecule has 148 valence electrons. The number of benzene rings is 1. The van der Waals surface area contributed by atoms with Gasteiger partial charge in [0.05, 0.1) is 7.11 Å². The van der Waals surface area contributed by atoms with Crippen molar-refractivity contribution in [1.82, 2.24) is 10.6 Å². The van der Waals surface area contributed by atoms with Gasteiger partial charge < -0.3 is 20.1 Å². The lowest BCUT2D eigenvalue weighted by molar-refractivity contribution is 0.129. The van der Waals surface area contributed by atoms with Crippen molar-refractivity contribution in [2.24, 2.45) is 10.4 Å². The first-order valence-electron chi connectivity index (χ1n) is 9.44. The minimum absolute atomic E-state index is 0. The first kappa shape index (κ1) is 23.0. The molecule has 1 aromatic rings. The molecule has 2 N–H and O–H groups in total. The highest BCUT2D eigenvalue weighted by Crippen LogP contribution is 2.48. The fourth-order valence-electron chi connectivity index (χ4n) is 2.80. The summed E-state index contributed by atoms with van der Waals surface area (Å²) in [7, 11) is 1.69. The number of nitrogens with one attached hydrogen (secondary N) is 2. The maximum absolute atomic E-state index is 5.51. The van der Waals surface area contributed by atoms with Crippen LogP contribution >= 0.6 is 24.0 Å². The van der Waals surface area contributed by atoms with Gasteiger partial charge in [-0.3, -0.25) is 4.99 Å². The SMILES string of the molecule is CCNC(=NCC1(CCOCC)CC1)NCCc1ccc(OC)cc1.I. The van der Waals surface area contributed by atoms with Crippen LogP contribution in [0.4, 0.5) is 0 Å². The molecule has 0 aromatic heterocycles. The van der Waals surface area contributed by atoms with E-state index in [4.69, 9.17) is 14.5 Å². The van der Waals surface area contributed by atoms with E-state index in [0.29, 0.717) is 5.41 Å². The van der Waals surface area contributed by atoms with Crippen molar-refractivity contribution in [2.45, 2.75) is 39.5 Å². The van der Waals surface area contributed by atoms with Crippen LogP contribution in [0.5, 0.6) is 5.75 Å². The summed E-state index contributed by atoms with van der Waals surface area (Å²) in [6, 6.07) is 8.22. The molecule has 6 heteroatoms. The predicted octanol–water partition coefficient (Wildman–Crippen LogP) is 3.62. The van der Waals surface area contributed by atoms with Crippen molar-refractivity contribution < 1.29 is 9.47 Å². The number of hydrogen-bond acceptors (Lipinski definition) is 3. The van der Waals surface area contributed by atoms with Crippen molar-refractivity contribution in [3.63, 3.8) is 0 Å². The average molecular weight is 475 g/mol. The first-order chi connectivity index (χ1) is 12.2. The Labute approximate surface area is 175 Å². The van der Waals surface area contributed by atoms with Gasteiger partial charge in [0.2, 0.25) is 0 Å². The van der Waals surface area contributed by atoms with E-state index in [1.807, 2.05) is 19.1 Å². The van der Waals surface area contributed by atoms with E-state index >= 15 is 0 Å². The number of rotatable bonds is 11. The van der Waals surface area contributed by atoms with E-state index in [1.54, 1.807) is 7.11 Å². The summed E-state index contributed by atoms with van der Waals surface area (Å²) in [5, 5.41) is 6.78. The van der Waals surface area contributed by atoms with Crippen molar-refractivity contribution in [3.05, 3.63) is 29.8 Å². The molecule has 0 atom stereocenters. The minimum atomic E-state index is 0. The Morgan fingerprint density at radius 2 is 1.88 bits per heavy atom. The molecule has 0 unspecified atom stereocenters. The molecular weight excluding hydrogens is 441 g/mol. The van der Waals surface area contributed by atoms with Gasteiger partial charge >= 0.3 is 0 Å². The second kappa shape index (κ2) is 12.4. The van der Waals surface area contributed by atoms with Gasteiger partial charge in [-0.05, 0) is 62.6 Å². The van der Waals surface area contributed by atoms with Crippen molar-refractivity contribution >= 4 is 29.9 Å². The van der Waals surface area contributed by atoms with Crippen LogP contribution in [-0.2, 0) is 11.2 Å². The molecule has 0 amide bonds. The summed E-state index contributed by atoms with van der Waals surface area (Å²) in [5.41, 5.74) is 1.67. The van der Waals surface area contributed by atoms with Crippen LogP contribution in [-0.4, -0.2) is 45.9 Å². The smallest absolute Gasteiger partial charge is 0.191 e. The third-order valence-corrected chi connectivity index (χ3v) is 4.72. The number of halogens is 1. The van der Waals surface area contributed by atoms with Crippen LogP contribution in [0.1, 0.15) is 38.7 Å². The van der Waals surface area contributed by atoms with Gasteiger partial charge in [0.15, 0.2) is 5.96 Å². The quantitative estimate of drug-likeness (QED) is 0.222. The molecule has 26 heavy (non-hydrogen) atoms. The summed E-state index contributed by atoms with van der Waals surface area (Å²) >= 11 is 0. The van der Waals surface area contributed by atoms with Crippen LogP contribution < -0.4 is 15.4 Å². The number of ether oxygens (including phenoxy) is 2. The molecule has 0 bridgehead atoms. The number of hydrogen-bond donors (Lipinski definition) is 2. The number of nitrogens with zero attached hydrogens (tertiary/aromatic N) is 1. The van der Waals surface area contributed by atoms with Crippen molar-refractivity contribution in [2.75, 3.05) is 40.0 Å². The van der Waals surface area contributed by atoms with E-state index in [-0.39, 0.29) is 24.0 Å². The Morgan fingerprint density at radius 1 is 1.15 bits per heavy atom. The number of aliphatic imine (C=N–C) groups is 1. The summed E-state index contributed by atoms with van der Waals surface area (Å²) in [6.45, 7) is 8.43. The molecule has 0 heterocycles. The fourth-order valence-corrected chi connectivity index (χ4v) is 2.80. The topological polar surface area (TPSA) is 54.9 Å². The standard InChI is InChI=1S/C20H33N3O2.HI/c1-4-21-19(23-16-20(11-12-20)13-15-25-5-2)22-14-10-17-6-8-18(24-3)9-7-17;/h6-9H,4-5,10-16H2,1-3H3,(H2,21,22,23);1H. The lowest BCUT2D eigenvalue weighted by Crippen LogP contribution is -2.38. The maximum atomic E-state index is 5.51. The van der Waals surface area contributed by atoms with Crippen LogP contribution in [0.15, 0.2) is 29.3 Å². The van der Waals surface area contributed by atoms with Crippen LogP contribution in [0, 0.1) is 5.41 Å². The molecule has 0 spiro atoms. The second-order valence-electron chi connectivity index (χ2n) is 6.67. The van der Waals surface area contributed by atoms with E-state index in [2.05, 4.69) is 29.7 Å². The van der Waals surface area contributed by atoms with Crippen molar-refractivity contribution in [1.29, 1.82) is 0 Å². The largest absolute Gasteiger partial charge is 0.497 e. The minimum Gasteiger partial charge on any atom is -0.497 e. The molecule has 0 radical (unpaired) electrons. The van der Waals surface area contributed by atoms with Crippen LogP contribution in [0.25, 0.3) is 0 Å². The molecule has 1 aromatic carbocycles. The Balaban J connectivity index is 0.00000338. The monoisotopic (exact) mass is 475 g/mol. The molecule has 1 aliphatic carbocycles. The van der Waals surface area contributed by atoms with E-state index in [9.17, 15) is 0 Å². The van der Waals surface area contributed by atoms with Crippen LogP contribution in [0.3, 0.4) is 0 Å². The van der Waals surface area contributed by atoms with Gasteiger partial charge in [-0.25, -0.2) is 0 Å². The molecule has 1 fully saturated rings. The van der Waals surface area contributed by atoms with Crippen LogP contribution in [0.2, 0.25) is 0 Å². The summed E-state index contributed by atoms with van der Waals surface area (Å²) in [5.74, 6) is 1.81. The van der Waals surface area contributed by atoms with E-state index < -0.39 is 0 Å². The highest BCUT2D eigenvalue weighted by molar-refractivity contribution is 14.0. The lowest BCUT2D eigenvalue weighted by Gasteiger charge is -2.15. The fraction of sp³-hybridized carbons (Fsp3) is 0.650.